The number of rotatable bonds is 4. The van der Waals surface area contributed by atoms with Crippen LogP contribution in [0, 0.1) is 0 Å². The van der Waals surface area contributed by atoms with Gasteiger partial charge in [0.2, 0.25) is 0 Å². The predicted molar refractivity (Wildman–Crippen MR) is 76.0 cm³/mol. The average Bonchev–Trinajstić information content (AvgIpc) is 3.08. The molecule has 2 heterocycles. The zero-order chi connectivity index (χ0) is 13.1. The molecule has 4 heteroatoms. The smallest absolute Gasteiger partial charge is 0.251 e. The van der Waals surface area contributed by atoms with E-state index in [1.54, 1.807) is 11.3 Å². The molecular formula is C15H15NO2S. The van der Waals surface area contributed by atoms with Crippen molar-refractivity contribution in [3.05, 3.63) is 51.7 Å². The lowest BCUT2D eigenvalue weighted by atomic mass is 10.1. The van der Waals surface area contributed by atoms with E-state index in [9.17, 15) is 4.79 Å². The second-order valence-electron chi connectivity index (χ2n) is 4.56. The molecular weight excluding hydrogens is 258 g/mol. The Kier molecular flexibility index (Phi) is 3.51. The summed E-state index contributed by atoms with van der Waals surface area (Å²) >= 11 is 1.68. The molecule has 0 aliphatic carbocycles. The van der Waals surface area contributed by atoms with E-state index in [0.29, 0.717) is 6.54 Å². The van der Waals surface area contributed by atoms with E-state index < -0.39 is 0 Å². The molecule has 0 saturated carbocycles. The summed E-state index contributed by atoms with van der Waals surface area (Å²) in [5, 5.41) is 7.12. The Bertz CT molecular complexity index is 578. The third-order valence-corrected chi connectivity index (χ3v) is 3.96. The zero-order valence-electron chi connectivity index (χ0n) is 10.5. The lowest BCUT2D eigenvalue weighted by Crippen LogP contribution is -2.25. The van der Waals surface area contributed by atoms with Crippen molar-refractivity contribution in [2.24, 2.45) is 0 Å². The van der Waals surface area contributed by atoms with Gasteiger partial charge in [0.1, 0.15) is 5.75 Å². The van der Waals surface area contributed by atoms with Crippen LogP contribution in [0.1, 0.15) is 21.5 Å². The maximum atomic E-state index is 12.0. The normalized spacial score (nSPS) is 12.8. The third-order valence-electron chi connectivity index (χ3n) is 3.23. The predicted octanol–water partition coefficient (Wildman–Crippen LogP) is 2.66. The Labute approximate surface area is 116 Å². The first-order chi connectivity index (χ1) is 9.33. The molecule has 0 saturated heterocycles. The van der Waals surface area contributed by atoms with Crippen molar-refractivity contribution in [1.82, 2.24) is 5.32 Å². The molecule has 1 aliphatic heterocycles. The van der Waals surface area contributed by atoms with Gasteiger partial charge in [-0.1, -0.05) is 0 Å². The zero-order valence-corrected chi connectivity index (χ0v) is 11.3. The summed E-state index contributed by atoms with van der Waals surface area (Å²) in [5.41, 5.74) is 3.12. The number of amides is 1. The molecule has 1 amide bonds. The first-order valence-corrected chi connectivity index (χ1v) is 7.32. The molecule has 0 spiro atoms. The molecule has 1 aromatic heterocycles. The van der Waals surface area contributed by atoms with E-state index in [2.05, 4.69) is 22.1 Å². The molecule has 1 aliphatic rings. The summed E-state index contributed by atoms with van der Waals surface area (Å²) in [4.78, 5) is 12.0. The van der Waals surface area contributed by atoms with Crippen molar-refractivity contribution < 1.29 is 9.53 Å². The van der Waals surface area contributed by atoms with Crippen molar-refractivity contribution in [3.8, 4) is 5.75 Å². The van der Waals surface area contributed by atoms with Crippen LogP contribution in [-0.4, -0.2) is 19.1 Å². The minimum Gasteiger partial charge on any atom is -0.493 e. The highest BCUT2D eigenvalue weighted by atomic mass is 32.1. The molecule has 1 aromatic carbocycles. The van der Waals surface area contributed by atoms with E-state index >= 15 is 0 Å². The van der Waals surface area contributed by atoms with Crippen LogP contribution in [0.2, 0.25) is 0 Å². The molecule has 0 radical (unpaired) electrons. The fraction of sp³-hybridized carbons (Fsp3) is 0.267. The van der Waals surface area contributed by atoms with Crippen LogP contribution in [0.15, 0.2) is 35.0 Å². The Morgan fingerprint density at radius 1 is 1.37 bits per heavy atom. The van der Waals surface area contributed by atoms with Crippen molar-refractivity contribution >= 4 is 17.2 Å². The number of thiophene rings is 1. The number of carbonyl (C=O) groups excluding carboxylic acids is 1. The van der Waals surface area contributed by atoms with Gasteiger partial charge < -0.3 is 10.1 Å². The van der Waals surface area contributed by atoms with E-state index in [-0.39, 0.29) is 5.91 Å². The number of hydrogen-bond acceptors (Lipinski definition) is 3. The summed E-state index contributed by atoms with van der Waals surface area (Å²) in [6.07, 6.45) is 1.77. The van der Waals surface area contributed by atoms with Gasteiger partial charge in [-0.2, -0.15) is 11.3 Å². The maximum absolute atomic E-state index is 12.0. The van der Waals surface area contributed by atoms with Gasteiger partial charge in [-0.05, 0) is 52.6 Å². The van der Waals surface area contributed by atoms with Crippen LogP contribution in [0.4, 0.5) is 0 Å². The standard InChI is InChI=1S/C15H15NO2S/c17-15(16-6-3-11-5-8-19-10-11)13-1-2-14-12(9-13)4-7-18-14/h1-2,5,8-10H,3-4,6-7H2,(H,16,17). The molecule has 0 unspecified atom stereocenters. The molecule has 0 fully saturated rings. The summed E-state index contributed by atoms with van der Waals surface area (Å²) in [6.45, 7) is 1.39. The fourth-order valence-corrected chi connectivity index (χ4v) is 2.89. The van der Waals surface area contributed by atoms with E-state index in [1.165, 1.54) is 5.56 Å². The van der Waals surface area contributed by atoms with Gasteiger partial charge in [-0.15, -0.1) is 0 Å². The van der Waals surface area contributed by atoms with Gasteiger partial charge in [0.05, 0.1) is 6.61 Å². The van der Waals surface area contributed by atoms with Crippen molar-refractivity contribution in [2.75, 3.05) is 13.2 Å². The molecule has 3 rings (SSSR count). The monoisotopic (exact) mass is 273 g/mol. The lowest BCUT2D eigenvalue weighted by Gasteiger charge is -2.06. The largest absolute Gasteiger partial charge is 0.493 e. The Morgan fingerprint density at radius 3 is 3.16 bits per heavy atom. The molecule has 0 bridgehead atoms. The van der Waals surface area contributed by atoms with Gasteiger partial charge in [0, 0.05) is 18.5 Å². The third kappa shape index (κ3) is 2.79. The Hall–Kier alpha value is -1.81. The van der Waals surface area contributed by atoms with E-state index in [4.69, 9.17) is 4.74 Å². The van der Waals surface area contributed by atoms with Crippen LogP contribution in [-0.2, 0) is 12.8 Å². The number of fused-ring (bicyclic) bond motifs is 1. The average molecular weight is 273 g/mol. The number of hydrogen-bond donors (Lipinski definition) is 1. The van der Waals surface area contributed by atoms with Gasteiger partial charge in [-0.3, -0.25) is 4.79 Å². The summed E-state index contributed by atoms with van der Waals surface area (Å²) in [5.74, 6) is 0.903. The van der Waals surface area contributed by atoms with E-state index in [1.807, 2.05) is 18.2 Å². The minimum absolute atomic E-state index is 0.00932. The molecule has 19 heavy (non-hydrogen) atoms. The van der Waals surface area contributed by atoms with E-state index in [0.717, 1.165) is 36.3 Å². The topological polar surface area (TPSA) is 38.3 Å². The highest BCUT2D eigenvalue weighted by molar-refractivity contribution is 7.07. The first kappa shape index (κ1) is 12.2. The number of carbonyl (C=O) groups is 1. The Balaban J connectivity index is 1.58. The molecule has 98 valence electrons. The molecule has 1 N–H and O–H groups in total. The summed E-state index contributed by atoms with van der Waals surface area (Å²) in [6, 6.07) is 7.73. The van der Waals surface area contributed by atoms with Crippen molar-refractivity contribution in [2.45, 2.75) is 12.8 Å². The van der Waals surface area contributed by atoms with Gasteiger partial charge in [0.25, 0.3) is 5.91 Å². The number of ether oxygens (including phenoxy) is 1. The second-order valence-corrected chi connectivity index (χ2v) is 5.34. The van der Waals surface area contributed by atoms with Crippen LogP contribution in [0.5, 0.6) is 5.75 Å². The molecule has 0 atom stereocenters. The highest BCUT2D eigenvalue weighted by Gasteiger charge is 2.14. The molecule has 2 aromatic rings. The van der Waals surface area contributed by atoms with Gasteiger partial charge in [0.15, 0.2) is 0 Å². The lowest BCUT2D eigenvalue weighted by molar-refractivity contribution is 0.0954. The van der Waals surface area contributed by atoms with Crippen LogP contribution < -0.4 is 10.1 Å². The van der Waals surface area contributed by atoms with Crippen molar-refractivity contribution in [1.29, 1.82) is 0 Å². The minimum atomic E-state index is -0.00932. The summed E-state index contributed by atoms with van der Waals surface area (Å²) in [7, 11) is 0. The molecule has 3 nitrogen and oxygen atoms in total. The number of benzene rings is 1. The first-order valence-electron chi connectivity index (χ1n) is 6.38. The van der Waals surface area contributed by atoms with Crippen LogP contribution >= 0.6 is 11.3 Å². The maximum Gasteiger partial charge on any atom is 0.251 e. The fourth-order valence-electron chi connectivity index (χ4n) is 2.19. The number of nitrogens with one attached hydrogen (secondary N) is 1. The van der Waals surface area contributed by atoms with Crippen molar-refractivity contribution in [3.63, 3.8) is 0 Å². The van der Waals surface area contributed by atoms with Crippen LogP contribution in [0.3, 0.4) is 0 Å². The highest BCUT2D eigenvalue weighted by Crippen LogP contribution is 2.25. The Morgan fingerprint density at radius 2 is 2.32 bits per heavy atom. The second kappa shape index (κ2) is 5.45. The van der Waals surface area contributed by atoms with Gasteiger partial charge >= 0.3 is 0 Å². The van der Waals surface area contributed by atoms with Crippen LogP contribution in [0.25, 0.3) is 0 Å². The quantitative estimate of drug-likeness (QED) is 0.930. The summed E-state index contributed by atoms with van der Waals surface area (Å²) < 4.78 is 5.43. The van der Waals surface area contributed by atoms with Gasteiger partial charge in [-0.25, -0.2) is 0 Å². The SMILES string of the molecule is O=C(NCCc1ccsc1)c1ccc2c(c1)CCO2.